The highest BCUT2D eigenvalue weighted by atomic mass is 35.5. The number of carbonyl (C=O) groups is 2. The summed E-state index contributed by atoms with van der Waals surface area (Å²) in [5, 5.41) is 0.539. The van der Waals surface area contributed by atoms with Crippen molar-refractivity contribution in [3.8, 4) is 0 Å². The molecule has 0 bridgehead atoms. The predicted molar refractivity (Wildman–Crippen MR) is 90.5 cm³/mol. The van der Waals surface area contributed by atoms with Gasteiger partial charge in [-0.25, -0.2) is 9.69 Å². The highest BCUT2D eigenvalue weighted by molar-refractivity contribution is 6.32. The largest absolute Gasteiger partial charge is 0.332 e. The molecule has 118 valence electrons. The predicted octanol–water partition coefficient (Wildman–Crippen LogP) is 4.01. The third kappa shape index (κ3) is 2.82. The molecule has 0 unspecified atom stereocenters. The minimum atomic E-state index is -0.497. The van der Waals surface area contributed by atoms with Crippen molar-refractivity contribution in [3.05, 3.63) is 64.7 Å². The molecule has 23 heavy (non-hydrogen) atoms. The summed E-state index contributed by atoms with van der Waals surface area (Å²) in [6, 6.07) is 14.0. The molecule has 2 aromatic rings. The Balaban J connectivity index is 1.90. The van der Waals surface area contributed by atoms with Gasteiger partial charge in [0.25, 0.3) is 5.91 Å². The Morgan fingerprint density at radius 3 is 2.43 bits per heavy atom. The highest BCUT2D eigenvalue weighted by Crippen LogP contribution is 2.29. The van der Waals surface area contributed by atoms with E-state index in [9.17, 15) is 9.59 Å². The molecule has 3 amide bonds. The number of imide groups is 1. The Morgan fingerprint density at radius 2 is 1.78 bits per heavy atom. The van der Waals surface area contributed by atoms with Crippen LogP contribution in [0.15, 0.2) is 48.5 Å². The highest BCUT2D eigenvalue weighted by Gasteiger charge is 2.43. The van der Waals surface area contributed by atoms with E-state index >= 15 is 0 Å². The number of carbonyl (C=O) groups excluding carboxylic acids is 2. The Kier molecular flexibility index (Phi) is 4.09. The van der Waals surface area contributed by atoms with Gasteiger partial charge in [0.05, 0.1) is 5.69 Å². The minimum Gasteiger partial charge on any atom is -0.308 e. The molecule has 1 heterocycles. The van der Waals surface area contributed by atoms with E-state index in [1.165, 1.54) is 4.90 Å². The van der Waals surface area contributed by atoms with Crippen LogP contribution in [0.25, 0.3) is 0 Å². The summed E-state index contributed by atoms with van der Waals surface area (Å²) >= 11 is 6.13. The smallest absolute Gasteiger partial charge is 0.308 e. The van der Waals surface area contributed by atoms with Gasteiger partial charge >= 0.3 is 6.03 Å². The number of nitrogens with zero attached hydrogens (tertiary/aromatic N) is 2. The van der Waals surface area contributed by atoms with Crippen LogP contribution in [0.4, 0.5) is 10.5 Å². The maximum atomic E-state index is 12.7. The summed E-state index contributed by atoms with van der Waals surface area (Å²) < 4.78 is 0. The van der Waals surface area contributed by atoms with Crippen LogP contribution in [0.2, 0.25) is 5.02 Å². The Labute approximate surface area is 140 Å². The quantitative estimate of drug-likeness (QED) is 0.799. The molecular weight excluding hydrogens is 312 g/mol. The summed E-state index contributed by atoms with van der Waals surface area (Å²) in [4.78, 5) is 28.0. The zero-order chi connectivity index (χ0) is 16.6. The number of urea groups is 1. The molecule has 0 aliphatic carbocycles. The Hall–Kier alpha value is -2.33. The standard InChI is InChI=1S/C18H17ClN2O2/c1-12-8-9-15(10-16(12)19)21-17(22)13(2)20(18(21)23)11-14-6-4-3-5-7-14/h3-10,13H,11H2,1-2H3/t13-/m0/s1. The van der Waals surface area contributed by atoms with Crippen molar-refractivity contribution >= 4 is 29.2 Å². The second kappa shape index (κ2) is 6.05. The van der Waals surface area contributed by atoms with Gasteiger partial charge in [-0.15, -0.1) is 0 Å². The second-order valence-corrected chi connectivity index (χ2v) is 6.09. The van der Waals surface area contributed by atoms with E-state index in [0.717, 1.165) is 11.1 Å². The molecule has 2 aromatic carbocycles. The van der Waals surface area contributed by atoms with Crippen molar-refractivity contribution in [3.63, 3.8) is 0 Å². The van der Waals surface area contributed by atoms with E-state index in [4.69, 9.17) is 11.6 Å². The number of hydrogen-bond acceptors (Lipinski definition) is 2. The van der Waals surface area contributed by atoms with Crippen LogP contribution in [0, 0.1) is 6.92 Å². The van der Waals surface area contributed by atoms with Crippen molar-refractivity contribution in [2.45, 2.75) is 26.4 Å². The third-order valence-electron chi connectivity index (χ3n) is 4.09. The number of amides is 3. The molecule has 4 nitrogen and oxygen atoms in total. The van der Waals surface area contributed by atoms with E-state index in [1.54, 1.807) is 24.0 Å². The molecule has 0 radical (unpaired) electrons. The number of anilines is 1. The van der Waals surface area contributed by atoms with Crippen LogP contribution >= 0.6 is 11.6 Å². The Morgan fingerprint density at radius 1 is 1.09 bits per heavy atom. The fourth-order valence-corrected chi connectivity index (χ4v) is 2.83. The lowest BCUT2D eigenvalue weighted by molar-refractivity contribution is -0.119. The van der Waals surface area contributed by atoms with Gasteiger partial charge in [0.2, 0.25) is 0 Å². The first-order chi connectivity index (χ1) is 11.0. The summed E-state index contributed by atoms with van der Waals surface area (Å²) in [7, 11) is 0. The summed E-state index contributed by atoms with van der Waals surface area (Å²) in [6.45, 7) is 4.03. The van der Waals surface area contributed by atoms with Crippen molar-refractivity contribution in [1.82, 2.24) is 4.90 Å². The number of benzene rings is 2. The zero-order valence-electron chi connectivity index (χ0n) is 13.0. The fourth-order valence-electron chi connectivity index (χ4n) is 2.65. The van der Waals surface area contributed by atoms with Gasteiger partial charge in [0.1, 0.15) is 6.04 Å². The minimum absolute atomic E-state index is 0.231. The van der Waals surface area contributed by atoms with Gasteiger partial charge in [-0.3, -0.25) is 4.79 Å². The Bertz CT molecular complexity index is 761. The monoisotopic (exact) mass is 328 g/mol. The topological polar surface area (TPSA) is 40.6 Å². The lowest BCUT2D eigenvalue weighted by atomic mass is 10.2. The molecule has 0 spiro atoms. The van der Waals surface area contributed by atoms with Crippen LogP contribution in [0.3, 0.4) is 0 Å². The molecule has 1 atom stereocenters. The van der Waals surface area contributed by atoms with E-state index in [-0.39, 0.29) is 11.9 Å². The second-order valence-electron chi connectivity index (χ2n) is 5.68. The first-order valence-corrected chi connectivity index (χ1v) is 7.81. The average molecular weight is 329 g/mol. The molecule has 1 aliphatic heterocycles. The lowest BCUT2D eigenvalue weighted by Gasteiger charge is -2.19. The lowest BCUT2D eigenvalue weighted by Crippen LogP contribution is -2.33. The molecule has 0 aromatic heterocycles. The van der Waals surface area contributed by atoms with Gasteiger partial charge in [-0.1, -0.05) is 48.0 Å². The average Bonchev–Trinajstić information content (AvgIpc) is 2.75. The zero-order valence-corrected chi connectivity index (χ0v) is 13.7. The van der Waals surface area contributed by atoms with Crippen LogP contribution in [0.5, 0.6) is 0 Å². The van der Waals surface area contributed by atoms with E-state index in [0.29, 0.717) is 17.3 Å². The molecule has 1 aliphatic rings. The van der Waals surface area contributed by atoms with Gasteiger partial charge in [-0.05, 0) is 37.1 Å². The molecule has 0 N–H and O–H groups in total. The van der Waals surface area contributed by atoms with Gasteiger partial charge in [-0.2, -0.15) is 0 Å². The summed E-state index contributed by atoms with van der Waals surface area (Å²) in [5.41, 5.74) is 2.41. The van der Waals surface area contributed by atoms with Crippen molar-refractivity contribution < 1.29 is 9.59 Å². The molecule has 1 fully saturated rings. The first kappa shape index (κ1) is 15.6. The molecular formula is C18H17ClN2O2. The normalized spacial score (nSPS) is 18.0. The fraction of sp³-hybridized carbons (Fsp3) is 0.222. The number of hydrogen-bond donors (Lipinski definition) is 0. The van der Waals surface area contributed by atoms with Crippen LogP contribution in [-0.2, 0) is 11.3 Å². The number of halogens is 1. The molecule has 1 saturated heterocycles. The van der Waals surface area contributed by atoms with Crippen LogP contribution in [0.1, 0.15) is 18.1 Å². The van der Waals surface area contributed by atoms with Crippen molar-refractivity contribution in [2.75, 3.05) is 4.90 Å². The van der Waals surface area contributed by atoms with Gasteiger partial charge in [0, 0.05) is 11.6 Å². The number of aryl methyl sites for hydroxylation is 1. The third-order valence-corrected chi connectivity index (χ3v) is 4.50. The van der Waals surface area contributed by atoms with Crippen molar-refractivity contribution in [2.24, 2.45) is 0 Å². The SMILES string of the molecule is Cc1ccc(N2C(=O)[C@H](C)N(Cc3ccccc3)C2=O)cc1Cl. The van der Waals surface area contributed by atoms with Gasteiger partial charge < -0.3 is 4.90 Å². The maximum Gasteiger partial charge on any atom is 0.332 e. The summed E-state index contributed by atoms with van der Waals surface area (Å²) in [6.07, 6.45) is 0. The van der Waals surface area contributed by atoms with E-state index < -0.39 is 6.04 Å². The number of rotatable bonds is 3. The van der Waals surface area contributed by atoms with Gasteiger partial charge in [0.15, 0.2) is 0 Å². The van der Waals surface area contributed by atoms with E-state index in [1.807, 2.05) is 43.3 Å². The van der Waals surface area contributed by atoms with Crippen molar-refractivity contribution in [1.29, 1.82) is 0 Å². The molecule has 5 heteroatoms. The van der Waals surface area contributed by atoms with Crippen LogP contribution in [-0.4, -0.2) is 22.9 Å². The summed E-state index contributed by atoms with van der Waals surface area (Å²) in [5.74, 6) is -0.231. The van der Waals surface area contributed by atoms with E-state index in [2.05, 4.69) is 0 Å². The first-order valence-electron chi connectivity index (χ1n) is 7.43. The maximum absolute atomic E-state index is 12.7. The van der Waals surface area contributed by atoms with Crippen LogP contribution < -0.4 is 4.90 Å². The molecule has 0 saturated carbocycles. The molecule has 3 rings (SSSR count).